The third-order valence-electron chi connectivity index (χ3n) is 5.73. The normalized spacial score (nSPS) is 13.1. The summed E-state index contributed by atoms with van der Waals surface area (Å²) in [6.07, 6.45) is 2.42. The SMILES string of the molecule is Cn1ncc2c(-c3ccc4c(c3)CCN4C(=O)Cc3cc(F)ccc3F)cccc21. The Labute approximate surface area is 172 Å². The van der Waals surface area contributed by atoms with Crippen LogP contribution in [0.3, 0.4) is 0 Å². The van der Waals surface area contributed by atoms with Crippen molar-refractivity contribution in [3.63, 3.8) is 0 Å². The number of anilines is 1. The highest BCUT2D eigenvalue weighted by Crippen LogP contribution is 2.35. The van der Waals surface area contributed by atoms with Crippen molar-refractivity contribution in [3.05, 3.63) is 83.6 Å². The number of nitrogens with zero attached hydrogens (tertiary/aromatic N) is 3. The number of amides is 1. The molecule has 1 aromatic heterocycles. The van der Waals surface area contributed by atoms with Crippen LogP contribution >= 0.6 is 0 Å². The van der Waals surface area contributed by atoms with Crippen LogP contribution in [-0.4, -0.2) is 22.2 Å². The van der Waals surface area contributed by atoms with Crippen LogP contribution in [0.5, 0.6) is 0 Å². The second-order valence-corrected chi connectivity index (χ2v) is 7.56. The molecule has 0 spiro atoms. The first-order chi connectivity index (χ1) is 14.5. The largest absolute Gasteiger partial charge is 0.312 e. The molecule has 2 heterocycles. The van der Waals surface area contributed by atoms with E-state index in [1.54, 1.807) is 4.90 Å². The smallest absolute Gasteiger partial charge is 0.231 e. The van der Waals surface area contributed by atoms with Crippen LogP contribution in [0.2, 0.25) is 0 Å². The van der Waals surface area contributed by atoms with Gasteiger partial charge in [0.15, 0.2) is 0 Å². The van der Waals surface area contributed by atoms with Crippen LogP contribution in [0.25, 0.3) is 22.0 Å². The number of hydrogen-bond acceptors (Lipinski definition) is 2. The van der Waals surface area contributed by atoms with E-state index in [9.17, 15) is 13.6 Å². The van der Waals surface area contributed by atoms with E-state index < -0.39 is 11.6 Å². The number of hydrogen-bond donors (Lipinski definition) is 0. The van der Waals surface area contributed by atoms with Gasteiger partial charge in [0.2, 0.25) is 5.91 Å². The summed E-state index contributed by atoms with van der Waals surface area (Å²) >= 11 is 0. The number of carbonyl (C=O) groups is 1. The average molecular weight is 403 g/mol. The Balaban J connectivity index is 1.45. The fourth-order valence-electron chi connectivity index (χ4n) is 4.19. The van der Waals surface area contributed by atoms with Gasteiger partial charge in [0.05, 0.1) is 18.1 Å². The molecule has 6 heteroatoms. The first-order valence-corrected chi connectivity index (χ1v) is 9.79. The zero-order valence-electron chi connectivity index (χ0n) is 16.4. The van der Waals surface area contributed by atoms with Crippen LogP contribution in [-0.2, 0) is 24.7 Å². The van der Waals surface area contributed by atoms with Crippen molar-refractivity contribution in [1.82, 2.24) is 9.78 Å². The van der Waals surface area contributed by atoms with Gasteiger partial charge < -0.3 is 4.90 Å². The quantitative estimate of drug-likeness (QED) is 0.499. The maximum atomic E-state index is 13.9. The number of rotatable bonds is 3. The van der Waals surface area contributed by atoms with Gasteiger partial charge in [0.1, 0.15) is 11.6 Å². The summed E-state index contributed by atoms with van der Waals surface area (Å²) in [5, 5.41) is 5.43. The Hall–Kier alpha value is -3.54. The van der Waals surface area contributed by atoms with E-state index in [1.165, 1.54) is 0 Å². The first kappa shape index (κ1) is 18.5. The first-order valence-electron chi connectivity index (χ1n) is 9.79. The Morgan fingerprint density at radius 1 is 1.10 bits per heavy atom. The van der Waals surface area contributed by atoms with Gasteiger partial charge in [-0.15, -0.1) is 0 Å². The molecule has 0 saturated heterocycles. The summed E-state index contributed by atoms with van der Waals surface area (Å²) in [4.78, 5) is 14.5. The number of carbonyl (C=O) groups excluding carboxylic acids is 1. The lowest BCUT2D eigenvalue weighted by Crippen LogP contribution is -2.30. The molecule has 0 radical (unpaired) electrons. The van der Waals surface area contributed by atoms with Crippen LogP contribution in [0.4, 0.5) is 14.5 Å². The van der Waals surface area contributed by atoms with Crippen molar-refractivity contribution >= 4 is 22.5 Å². The van der Waals surface area contributed by atoms with Gasteiger partial charge in [-0.3, -0.25) is 9.48 Å². The summed E-state index contributed by atoms with van der Waals surface area (Å²) in [5.41, 5.74) is 5.20. The number of aryl methyl sites for hydroxylation is 1. The van der Waals surface area contributed by atoms with Crippen molar-refractivity contribution in [2.24, 2.45) is 7.05 Å². The van der Waals surface area contributed by atoms with E-state index in [1.807, 2.05) is 42.2 Å². The summed E-state index contributed by atoms with van der Waals surface area (Å²) in [7, 11) is 1.92. The lowest BCUT2D eigenvalue weighted by molar-refractivity contribution is -0.117. The summed E-state index contributed by atoms with van der Waals surface area (Å²) in [6, 6.07) is 15.3. The van der Waals surface area contributed by atoms with Crippen LogP contribution < -0.4 is 4.90 Å². The average Bonchev–Trinajstić information content (AvgIpc) is 3.34. The second kappa shape index (κ2) is 7.06. The molecule has 1 amide bonds. The molecule has 0 fully saturated rings. The number of halogens is 2. The van der Waals surface area contributed by atoms with Gasteiger partial charge in [-0.05, 0) is 59.5 Å². The topological polar surface area (TPSA) is 38.1 Å². The molecule has 0 unspecified atom stereocenters. The van der Waals surface area contributed by atoms with Crippen molar-refractivity contribution in [1.29, 1.82) is 0 Å². The summed E-state index contributed by atoms with van der Waals surface area (Å²) < 4.78 is 29.2. The highest BCUT2D eigenvalue weighted by molar-refractivity contribution is 5.98. The maximum absolute atomic E-state index is 13.9. The minimum absolute atomic E-state index is 0.0772. The van der Waals surface area contributed by atoms with E-state index in [0.29, 0.717) is 6.54 Å². The Bertz CT molecular complexity index is 1300. The molecule has 0 bridgehead atoms. The van der Waals surface area contributed by atoms with Crippen molar-refractivity contribution in [2.45, 2.75) is 12.8 Å². The van der Waals surface area contributed by atoms with E-state index in [-0.39, 0.29) is 17.9 Å². The summed E-state index contributed by atoms with van der Waals surface area (Å²) in [5.74, 6) is -1.35. The Morgan fingerprint density at radius 3 is 2.83 bits per heavy atom. The van der Waals surface area contributed by atoms with Gasteiger partial charge in [-0.2, -0.15) is 5.10 Å². The minimum atomic E-state index is -0.566. The molecule has 1 aliphatic heterocycles. The minimum Gasteiger partial charge on any atom is -0.312 e. The fraction of sp³-hybridized carbons (Fsp3) is 0.167. The molecule has 30 heavy (non-hydrogen) atoms. The molecule has 0 atom stereocenters. The lowest BCUT2D eigenvalue weighted by Gasteiger charge is -2.18. The van der Waals surface area contributed by atoms with Crippen molar-refractivity contribution < 1.29 is 13.6 Å². The van der Waals surface area contributed by atoms with Crippen LogP contribution in [0.1, 0.15) is 11.1 Å². The standard InChI is InChI=1S/C24H19F2N3O/c1-28-23-4-2-3-19(20(23)14-27-28)15-5-8-22-16(11-15)9-10-29(22)24(30)13-17-12-18(25)6-7-21(17)26/h2-8,11-12,14H,9-10,13H2,1H3. The second-order valence-electron chi connectivity index (χ2n) is 7.56. The molecule has 3 aromatic carbocycles. The van der Waals surface area contributed by atoms with Gasteiger partial charge in [0, 0.05) is 30.2 Å². The number of fused-ring (bicyclic) bond motifs is 2. The predicted octanol–water partition coefficient (Wildman–Crippen LogP) is 4.65. The third kappa shape index (κ3) is 3.05. The lowest BCUT2D eigenvalue weighted by atomic mass is 9.99. The van der Waals surface area contributed by atoms with Crippen molar-refractivity contribution in [3.8, 4) is 11.1 Å². The maximum Gasteiger partial charge on any atom is 0.231 e. The van der Waals surface area contributed by atoms with Gasteiger partial charge in [-0.25, -0.2) is 8.78 Å². The molecule has 5 rings (SSSR count). The van der Waals surface area contributed by atoms with E-state index in [2.05, 4.69) is 17.2 Å². The zero-order chi connectivity index (χ0) is 20.8. The molecule has 4 nitrogen and oxygen atoms in total. The van der Waals surface area contributed by atoms with Crippen LogP contribution in [0, 0.1) is 11.6 Å². The molecule has 4 aromatic rings. The monoisotopic (exact) mass is 403 g/mol. The van der Waals surface area contributed by atoms with Gasteiger partial charge in [0.25, 0.3) is 0 Å². The molecule has 1 aliphatic rings. The fourth-order valence-corrected chi connectivity index (χ4v) is 4.19. The summed E-state index contributed by atoms with van der Waals surface area (Å²) in [6.45, 7) is 0.533. The molecular weight excluding hydrogens is 384 g/mol. The highest BCUT2D eigenvalue weighted by Gasteiger charge is 2.26. The zero-order valence-corrected chi connectivity index (χ0v) is 16.4. The van der Waals surface area contributed by atoms with Crippen molar-refractivity contribution in [2.75, 3.05) is 11.4 Å². The molecule has 0 N–H and O–H groups in total. The number of aromatic nitrogens is 2. The third-order valence-corrected chi connectivity index (χ3v) is 5.73. The van der Waals surface area contributed by atoms with Crippen LogP contribution in [0.15, 0.2) is 60.8 Å². The Morgan fingerprint density at radius 2 is 1.97 bits per heavy atom. The van der Waals surface area contributed by atoms with Gasteiger partial charge >= 0.3 is 0 Å². The molecule has 0 aliphatic carbocycles. The van der Waals surface area contributed by atoms with E-state index >= 15 is 0 Å². The molecule has 0 saturated carbocycles. The van der Waals surface area contributed by atoms with Gasteiger partial charge in [-0.1, -0.05) is 18.2 Å². The molecular formula is C24H19F2N3O. The highest BCUT2D eigenvalue weighted by atomic mass is 19.1. The van der Waals surface area contributed by atoms with E-state index in [4.69, 9.17) is 0 Å². The molecule has 150 valence electrons. The Kier molecular flexibility index (Phi) is 4.35. The number of benzene rings is 3. The predicted molar refractivity (Wildman–Crippen MR) is 112 cm³/mol. The van der Waals surface area contributed by atoms with E-state index in [0.717, 1.165) is 57.9 Å².